The van der Waals surface area contributed by atoms with E-state index in [9.17, 15) is 9.59 Å². The number of rotatable bonds is 7. The molecule has 0 radical (unpaired) electrons. The van der Waals surface area contributed by atoms with Gasteiger partial charge in [-0.15, -0.1) is 0 Å². The van der Waals surface area contributed by atoms with Crippen molar-refractivity contribution in [1.29, 1.82) is 0 Å². The van der Waals surface area contributed by atoms with Crippen molar-refractivity contribution in [1.82, 2.24) is 5.32 Å². The SMILES string of the molecule is COc1ccc(N(C(=O)[C@@H]2COc3ccccc3O2)[C@@H](C(=O)NC2CCCCC2)c2ccco2)cc1. The van der Waals surface area contributed by atoms with Gasteiger partial charge in [0, 0.05) is 11.7 Å². The van der Waals surface area contributed by atoms with Gasteiger partial charge < -0.3 is 23.9 Å². The summed E-state index contributed by atoms with van der Waals surface area (Å²) in [5.74, 6) is 1.37. The topological polar surface area (TPSA) is 90.2 Å². The first kappa shape index (κ1) is 23.8. The number of para-hydroxylation sites is 2. The lowest BCUT2D eigenvalue weighted by atomic mass is 9.95. The molecule has 0 saturated heterocycles. The van der Waals surface area contributed by atoms with Crippen molar-refractivity contribution < 1.29 is 28.2 Å². The molecule has 5 rings (SSSR count). The number of furan rings is 1. The second-order valence-corrected chi connectivity index (χ2v) is 9.03. The van der Waals surface area contributed by atoms with E-state index in [1.807, 2.05) is 12.1 Å². The molecule has 1 saturated carbocycles. The Morgan fingerprint density at radius 1 is 0.972 bits per heavy atom. The Bertz CT molecular complexity index is 1170. The minimum absolute atomic E-state index is 0.0254. The summed E-state index contributed by atoms with van der Waals surface area (Å²) in [6.07, 6.45) is 5.72. The molecule has 8 nitrogen and oxygen atoms in total. The molecule has 2 amide bonds. The number of anilines is 1. The van der Waals surface area contributed by atoms with E-state index in [-0.39, 0.29) is 18.6 Å². The largest absolute Gasteiger partial charge is 0.497 e. The Morgan fingerprint density at radius 2 is 1.72 bits per heavy atom. The van der Waals surface area contributed by atoms with Crippen molar-refractivity contribution in [2.75, 3.05) is 18.6 Å². The fraction of sp³-hybridized carbons (Fsp3) is 0.357. The number of hydrogen-bond donors (Lipinski definition) is 1. The van der Waals surface area contributed by atoms with Crippen molar-refractivity contribution in [2.24, 2.45) is 0 Å². The third-order valence-electron chi connectivity index (χ3n) is 6.64. The molecule has 0 unspecified atom stereocenters. The summed E-state index contributed by atoms with van der Waals surface area (Å²) in [6.45, 7) is 0.0254. The zero-order valence-corrected chi connectivity index (χ0v) is 20.2. The van der Waals surface area contributed by atoms with Crippen LogP contribution in [0.15, 0.2) is 71.3 Å². The van der Waals surface area contributed by atoms with Crippen LogP contribution in [-0.2, 0) is 9.59 Å². The van der Waals surface area contributed by atoms with Crippen molar-refractivity contribution in [3.05, 3.63) is 72.7 Å². The van der Waals surface area contributed by atoms with Crippen molar-refractivity contribution in [3.63, 3.8) is 0 Å². The molecular weight excluding hydrogens is 460 g/mol. The summed E-state index contributed by atoms with van der Waals surface area (Å²) in [4.78, 5) is 29.3. The van der Waals surface area contributed by atoms with E-state index in [0.717, 1.165) is 25.7 Å². The molecule has 2 aromatic carbocycles. The van der Waals surface area contributed by atoms with E-state index >= 15 is 0 Å². The third-order valence-corrected chi connectivity index (χ3v) is 6.64. The normalized spacial score (nSPS) is 18.2. The van der Waals surface area contributed by atoms with Crippen LogP contribution in [0, 0.1) is 0 Å². The predicted molar refractivity (Wildman–Crippen MR) is 133 cm³/mol. The Morgan fingerprint density at radius 3 is 2.42 bits per heavy atom. The van der Waals surface area contributed by atoms with Crippen LogP contribution in [0.25, 0.3) is 0 Å². The number of benzene rings is 2. The number of nitrogens with one attached hydrogen (secondary N) is 1. The number of ether oxygens (including phenoxy) is 3. The highest BCUT2D eigenvalue weighted by Gasteiger charge is 2.41. The summed E-state index contributed by atoms with van der Waals surface area (Å²) in [5, 5.41) is 3.16. The lowest BCUT2D eigenvalue weighted by molar-refractivity contribution is -0.132. The molecule has 2 aliphatic rings. The fourth-order valence-corrected chi connectivity index (χ4v) is 4.79. The number of carbonyl (C=O) groups is 2. The predicted octanol–water partition coefficient (Wildman–Crippen LogP) is 4.65. The van der Waals surface area contributed by atoms with Crippen molar-refractivity contribution in [3.8, 4) is 17.2 Å². The minimum Gasteiger partial charge on any atom is -0.497 e. The second-order valence-electron chi connectivity index (χ2n) is 9.03. The zero-order chi connectivity index (χ0) is 24.9. The highest BCUT2D eigenvalue weighted by molar-refractivity contribution is 6.03. The molecule has 8 heteroatoms. The zero-order valence-electron chi connectivity index (χ0n) is 20.2. The van der Waals surface area contributed by atoms with Gasteiger partial charge in [0.1, 0.15) is 18.1 Å². The van der Waals surface area contributed by atoms with Gasteiger partial charge in [-0.05, 0) is 61.4 Å². The molecule has 1 aromatic heterocycles. The Hall–Kier alpha value is -3.94. The molecule has 3 aromatic rings. The van der Waals surface area contributed by atoms with Gasteiger partial charge in [0.05, 0.1) is 13.4 Å². The highest BCUT2D eigenvalue weighted by atomic mass is 16.6. The maximum absolute atomic E-state index is 14.1. The van der Waals surface area contributed by atoms with E-state index in [4.69, 9.17) is 18.6 Å². The van der Waals surface area contributed by atoms with Crippen LogP contribution >= 0.6 is 0 Å². The number of amides is 2. The number of nitrogens with zero attached hydrogens (tertiary/aromatic N) is 1. The van der Waals surface area contributed by atoms with Crippen LogP contribution in [0.5, 0.6) is 17.2 Å². The molecule has 1 fully saturated rings. The quantitative estimate of drug-likeness (QED) is 0.519. The summed E-state index contributed by atoms with van der Waals surface area (Å²) >= 11 is 0. The average molecular weight is 491 g/mol. The molecule has 0 spiro atoms. The van der Waals surface area contributed by atoms with Crippen LogP contribution in [0.4, 0.5) is 5.69 Å². The Labute approximate surface area is 210 Å². The van der Waals surface area contributed by atoms with Crippen LogP contribution < -0.4 is 24.4 Å². The fourth-order valence-electron chi connectivity index (χ4n) is 4.79. The van der Waals surface area contributed by atoms with Crippen LogP contribution in [0.2, 0.25) is 0 Å². The molecule has 36 heavy (non-hydrogen) atoms. The lowest BCUT2D eigenvalue weighted by Crippen LogP contribution is -2.52. The summed E-state index contributed by atoms with van der Waals surface area (Å²) in [5.41, 5.74) is 0.517. The average Bonchev–Trinajstić information content (AvgIpc) is 3.46. The molecular formula is C28H30N2O6. The smallest absolute Gasteiger partial charge is 0.272 e. The Balaban J connectivity index is 1.50. The lowest BCUT2D eigenvalue weighted by Gasteiger charge is -2.35. The first-order valence-corrected chi connectivity index (χ1v) is 12.3. The van der Waals surface area contributed by atoms with Crippen LogP contribution in [-0.4, -0.2) is 37.7 Å². The molecule has 188 valence electrons. The van der Waals surface area contributed by atoms with Gasteiger partial charge in [-0.2, -0.15) is 0 Å². The van der Waals surface area contributed by atoms with E-state index in [1.165, 1.54) is 17.6 Å². The van der Waals surface area contributed by atoms with Gasteiger partial charge in [0.15, 0.2) is 17.5 Å². The maximum atomic E-state index is 14.1. The monoisotopic (exact) mass is 490 g/mol. The maximum Gasteiger partial charge on any atom is 0.272 e. The van der Waals surface area contributed by atoms with Crippen LogP contribution in [0.1, 0.15) is 43.9 Å². The van der Waals surface area contributed by atoms with Gasteiger partial charge in [0.25, 0.3) is 11.8 Å². The van der Waals surface area contributed by atoms with Gasteiger partial charge in [-0.3, -0.25) is 14.5 Å². The van der Waals surface area contributed by atoms with Crippen LogP contribution in [0.3, 0.4) is 0 Å². The van der Waals surface area contributed by atoms with Crippen molar-refractivity contribution in [2.45, 2.75) is 50.3 Å². The Kier molecular flexibility index (Phi) is 7.11. The number of fused-ring (bicyclic) bond motifs is 1. The van der Waals surface area contributed by atoms with Gasteiger partial charge in [0.2, 0.25) is 6.10 Å². The van der Waals surface area contributed by atoms with E-state index in [2.05, 4.69) is 5.32 Å². The van der Waals surface area contributed by atoms with E-state index in [0.29, 0.717) is 28.7 Å². The first-order chi connectivity index (χ1) is 17.6. The molecule has 1 aliphatic heterocycles. The van der Waals surface area contributed by atoms with Gasteiger partial charge >= 0.3 is 0 Å². The molecule has 1 aliphatic carbocycles. The second kappa shape index (κ2) is 10.8. The van der Waals surface area contributed by atoms with Gasteiger partial charge in [-0.25, -0.2) is 0 Å². The summed E-state index contributed by atoms with van der Waals surface area (Å²) in [7, 11) is 1.58. The molecule has 1 N–H and O–H groups in total. The molecule has 0 bridgehead atoms. The van der Waals surface area contributed by atoms with Gasteiger partial charge in [-0.1, -0.05) is 31.4 Å². The molecule has 2 heterocycles. The van der Waals surface area contributed by atoms with Crippen molar-refractivity contribution >= 4 is 17.5 Å². The molecule has 2 atom stereocenters. The standard InChI is InChI=1S/C28H30N2O6/c1-33-21-15-13-20(14-16-21)30(28(32)25-18-35-22-10-5-6-11-23(22)36-25)26(24-12-7-17-34-24)27(31)29-19-8-3-2-4-9-19/h5-7,10-17,19,25-26H,2-4,8-9,18H2,1H3,(H,29,31)/t25-,26+/m0/s1. The summed E-state index contributed by atoms with van der Waals surface area (Å²) < 4.78 is 22.8. The number of methoxy groups -OCH3 is 1. The number of carbonyl (C=O) groups excluding carboxylic acids is 2. The first-order valence-electron chi connectivity index (χ1n) is 12.3. The third kappa shape index (κ3) is 5.03. The van der Waals surface area contributed by atoms with E-state index in [1.54, 1.807) is 55.6 Å². The summed E-state index contributed by atoms with van der Waals surface area (Å²) in [6, 6.07) is 16.7. The van der Waals surface area contributed by atoms with E-state index < -0.39 is 18.1 Å². The highest BCUT2D eigenvalue weighted by Crippen LogP contribution is 2.35. The number of hydrogen-bond acceptors (Lipinski definition) is 6. The minimum atomic E-state index is -1.02.